The molecule has 132 valence electrons. The summed E-state index contributed by atoms with van der Waals surface area (Å²) in [4.78, 5) is 6.21. The van der Waals surface area contributed by atoms with E-state index >= 15 is 0 Å². The number of ether oxygens (including phenoxy) is 1. The summed E-state index contributed by atoms with van der Waals surface area (Å²) in [5, 5.41) is 4.32. The molecular weight excluding hydrogens is 382 g/mol. The van der Waals surface area contributed by atoms with Gasteiger partial charge in [-0.2, -0.15) is 4.98 Å². The molecule has 0 fully saturated rings. The Labute approximate surface area is 152 Å². The van der Waals surface area contributed by atoms with E-state index in [1.807, 2.05) is 6.92 Å². The minimum absolute atomic E-state index is 0.278. The number of thiophene rings is 2. The van der Waals surface area contributed by atoms with Crippen LogP contribution in [-0.2, 0) is 27.8 Å². The minimum Gasteiger partial charge on any atom is -0.376 e. The van der Waals surface area contributed by atoms with Crippen LogP contribution in [-0.4, -0.2) is 25.2 Å². The van der Waals surface area contributed by atoms with Gasteiger partial charge in [0.05, 0.1) is 18.8 Å². The summed E-state index contributed by atoms with van der Waals surface area (Å²) >= 11 is 2.59. The van der Waals surface area contributed by atoms with E-state index in [4.69, 9.17) is 9.26 Å². The molecule has 4 heterocycles. The van der Waals surface area contributed by atoms with Gasteiger partial charge >= 0.3 is 0 Å². The van der Waals surface area contributed by atoms with Crippen molar-refractivity contribution < 1.29 is 17.7 Å². The highest BCUT2D eigenvalue weighted by Crippen LogP contribution is 2.43. The Kier molecular flexibility index (Phi) is 4.14. The van der Waals surface area contributed by atoms with Crippen LogP contribution in [0, 0.1) is 13.8 Å². The Morgan fingerprint density at radius 1 is 1.24 bits per heavy atom. The second-order valence-corrected chi connectivity index (χ2v) is 9.93. The van der Waals surface area contributed by atoms with Crippen LogP contribution < -0.4 is 4.72 Å². The first kappa shape index (κ1) is 16.7. The molecule has 0 saturated heterocycles. The Morgan fingerprint density at radius 3 is 2.76 bits per heavy atom. The topological polar surface area (TPSA) is 94.3 Å². The lowest BCUT2D eigenvalue weighted by atomic mass is 10.1. The first-order valence-electron chi connectivity index (χ1n) is 7.56. The fourth-order valence-corrected chi connectivity index (χ4v) is 6.42. The summed E-state index contributed by atoms with van der Waals surface area (Å²) in [6.45, 7) is 4.64. The summed E-state index contributed by atoms with van der Waals surface area (Å²) in [5.41, 5.74) is 1.68. The zero-order chi connectivity index (χ0) is 17.6. The van der Waals surface area contributed by atoms with E-state index < -0.39 is 10.0 Å². The van der Waals surface area contributed by atoms with Crippen LogP contribution in [0.2, 0.25) is 0 Å². The molecule has 1 aliphatic heterocycles. The van der Waals surface area contributed by atoms with Gasteiger partial charge in [-0.25, -0.2) is 8.42 Å². The summed E-state index contributed by atoms with van der Waals surface area (Å²) < 4.78 is 39.2. The normalized spacial score (nSPS) is 14.5. The molecular formula is C15H15N3O4S3. The maximum atomic E-state index is 12.7. The zero-order valence-corrected chi connectivity index (χ0v) is 16.0. The van der Waals surface area contributed by atoms with E-state index in [0.717, 1.165) is 15.3 Å². The molecule has 1 aliphatic rings. The molecule has 0 aliphatic carbocycles. The lowest BCUT2D eigenvalue weighted by Crippen LogP contribution is -2.11. The van der Waals surface area contributed by atoms with Crippen LogP contribution in [0.4, 0.5) is 5.00 Å². The number of nitrogens with one attached hydrogen (secondary N) is 1. The summed E-state index contributed by atoms with van der Waals surface area (Å²) in [5.74, 6) is 0.835. The number of hydrogen-bond donors (Lipinski definition) is 1. The van der Waals surface area contributed by atoms with Crippen molar-refractivity contribution in [3.8, 4) is 11.5 Å². The highest BCUT2D eigenvalue weighted by molar-refractivity contribution is 7.94. The number of aryl methyl sites for hydroxylation is 2. The monoisotopic (exact) mass is 397 g/mol. The molecule has 4 rings (SSSR count). The lowest BCUT2D eigenvalue weighted by Gasteiger charge is -2.12. The van der Waals surface area contributed by atoms with Gasteiger partial charge in [-0.15, -0.1) is 22.7 Å². The molecule has 0 radical (unpaired) electrons. The number of aromatic nitrogens is 2. The summed E-state index contributed by atoms with van der Waals surface area (Å²) in [6.07, 6.45) is 0.683. The van der Waals surface area contributed by atoms with Gasteiger partial charge in [0, 0.05) is 9.75 Å². The van der Waals surface area contributed by atoms with Gasteiger partial charge in [-0.1, -0.05) is 5.16 Å². The van der Waals surface area contributed by atoms with Gasteiger partial charge in [0.1, 0.15) is 9.21 Å². The molecule has 25 heavy (non-hydrogen) atoms. The third-order valence-electron chi connectivity index (χ3n) is 3.77. The molecule has 1 N–H and O–H groups in total. The highest BCUT2D eigenvalue weighted by atomic mass is 32.2. The Bertz CT molecular complexity index is 1030. The van der Waals surface area contributed by atoms with Crippen LogP contribution in [0.15, 0.2) is 20.9 Å². The molecule has 0 aromatic carbocycles. The highest BCUT2D eigenvalue weighted by Gasteiger charge is 2.28. The molecule has 0 bridgehead atoms. The van der Waals surface area contributed by atoms with Gasteiger partial charge in [0.15, 0.2) is 5.82 Å². The van der Waals surface area contributed by atoms with E-state index in [1.165, 1.54) is 22.7 Å². The predicted octanol–water partition coefficient (Wildman–Crippen LogP) is 3.35. The van der Waals surface area contributed by atoms with E-state index in [0.29, 0.717) is 41.9 Å². The van der Waals surface area contributed by atoms with E-state index in [9.17, 15) is 8.42 Å². The third-order valence-corrected chi connectivity index (χ3v) is 7.86. The molecule has 10 heteroatoms. The maximum absolute atomic E-state index is 12.7. The third kappa shape index (κ3) is 3.10. The van der Waals surface area contributed by atoms with Crippen molar-refractivity contribution in [2.75, 3.05) is 11.3 Å². The van der Waals surface area contributed by atoms with Gasteiger partial charge in [0.25, 0.3) is 15.9 Å². The van der Waals surface area contributed by atoms with Gasteiger partial charge in [0.2, 0.25) is 0 Å². The molecule has 0 atom stereocenters. The number of rotatable bonds is 4. The van der Waals surface area contributed by atoms with E-state index in [1.54, 1.807) is 19.1 Å². The lowest BCUT2D eigenvalue weighted by molar-refractivity contribution is 0.113. The number of sulfonamides is 1. The second kappa shape index (κ2) is 6.20. The van der Waals surface area contributed by atoms with Crippen LogP contribution >= 0.6 is 22.7 Å². The van der Waals surface area contributed by atoms with Crippen molar-refractivity contribution in [2.24, 2.45) is 0 Å². The molecule has 0 amide bonds. The number of hydrogen-bond acceptors (Lipinski definition) is 8. The van der Waals surface area contributed by atoms with Crippen molar-refractivity contribution in [1.82, 2.24) is 10.1 Å². The Hall–Kier alpha value is -1.75. The van der Waals surface area contributed by atoms with Crippen LogP contribution in [0.1, 0.15) is 21.1 Å². The van der Waals surface area contributed by atoms with Crippen molar-refractivity contribution in [3.63, 3.8) is 0 Å². The number of anilines is 1. The maximum Gasteiger partial charge on any atom is 0.272 e. The fraction of sp³-hybridized carbons (Fsp3) is 0.333. The molecule has 0 saturated carbocycles. The summed E-state index contributed by atoms with van der Waals surface area (Å²) in [7, 11) is -3.67. The minimum atomic E-state index is -3.67. The van der Waals surface area contributed by atoms with Crippen LogP contribution in [0.3, 0.4) is 0 Å². The summed E-state index contributed by atoms with van der Waals surface area (Å²) in [6, 6.07) is 3.39. The number of fused-ring (bicyclic) bond motifs is 1. The van der Waals surface area contributed by atoms with Crippen LogP contribution in [0.5, 0.6) is 0 Å². The molecule has 3 aromatic heterocycles. The molecule has 0 spiro atoms. The SMILES string of the molecule is Cc1noc(-c2c(NS(=O)(=O)c3ccc(C)s3)sc3c2CCOC3)n1. The van der Waals surface area contributed by atoms with Gasteiger partial charge in [-0.3, -0.25) is 4.72 Å². The second-order valence-electron chi connectivity index (χ2n) is 5.63. The van der Waals surface area contributed by atoms with E-state index in [2.05, 4.69) is 14.9 Å². The first-order valence-corrected chi connectivity index (χ1v) is 10.7. The quantitative estimate of drug-likeness (QED) is 0.725. The van der Waals surface area contributed by atoms with Gasteiger partial charge < -0.3 is 9.26 Å². The largest absolute Gasteiger partial charge is 0.376 e. The van der Waals surface area contributed by atoms with Crippen molar-refractivity contribution in [3.05, 3.63) is 33.3 Å². The molecule has 0 unspecified atom stereocenters. The van der Waals surface area contributed by atoms with Gasteiger partial charge in [-0.05, 0) is 38.0 Å². The van der Waals surface area contributed by atoms with Crippen LogP contribution in [0.25, 0.3) is 11.5 Å². The average Bonchev–Trinajstić information content (AvgIpc) is 3.25. The number of nitrogens with zero attached hydrogens (tertiary/aromatic N) is 2. The molecule has 7 nitrogen and oxygen atoms in total. The Morgan fingerprint density at radius 2 is 2.08 bits per heavy atom. The Balaban J connectivity index is 1.80. The standard InChI is InChI=1S/C15H15N3O4S3/c1-8-3-4-12(23-8)25(19,20)18-15-13(14-16-9(2)17-22-14)10-5-6-21-7-11(10)24-15/h3-4,18H,5-7H2,1-2H3. The van der Waals surface area contributed by atoms with Crippen molar-refractivity contribution in [1.29, 1.82) is 0 Å². The fourth-order valence-electron chi connectivity index (χ4n) is 2.66. The smallest absolute Gasteiger partial charge is 0.272 e. The average molecular weight is 398 g/mol. The first-order chi connectivity index (χ1) is 11.9. The van der Waals surface area contributed by atoms with Crippen molar-refractivity contribution in [2.45, 2.75) is 31.1 Å². The predicted molar refractivity (Wildman–Crippen MR) is 95.6 cm³/mol. The van der Waals surface area contributed by atoms with Crippen molar-refractivity contribution >= 4 is 37.7 Å². The molecule has 3 aromatic rings. The van der Waals surface area contributed by atoms with E-state index in [-0.39, 0.29) is 4.21 Å². The zero-order valence-electron chi connectivity index (χ0n) is 13.5.